The lowest BCUT2D eigenvalue weighted by Crippen LogP contribution is -1.92. The number of allylic oxidation sites excluding steroid dienone is 2. The summed E-state index contributed by atoms with van der Waals surface area (Å²) in [4.78, 5) is 5.16. The number of hydrogen-bond acceptors (Lipinski definition) is 4. The van der Waals surface area contributed by atoms with Crippen LogP contribution in [0.15, 0.2) is 100 Å². The van der Waals surface area contributed by atoms with Gasteiger partial charge in [-0.1, -0.05) is 66.5 Å². The molecule has 0 amide bonds. The van der Waals surface area contributed by atoms with Crippen LogP contribution in [0.1, 0.15) is 11.3 Å². The fourth-order valence-electron chi connectivity index (χ4n) is 5.59. The monoisotopic (exact) mass is 496 g/mol. The molecule has 4 aromatic carbocycles. The lowest BCUT2D eigenvalue weighted by atomic mass is 10.1. The van der Waals surface area contributed by atoms with Gasteiger partial charge in [-0.25, -0.2) is 4.98 Å². The average Bonchev–Trinajstić information content (AvgIpc) is 3.67. The second kappa shape index (κ2) is 7.45. The molecule has 0 fully saturated rings. The second-order valence-corrected chi connectivity index (χ2v) is 10.2. The number of nitrogens with zero attached hydrogens (tertiary/aromatic N) is 2. The third-order valence-electron chi connectivity index (χ3n) is 7.22. The molecule has 4 aromatic heterocycles. The molecule has 0 radical (unpaired) electrons. The largest absolute Gasteiger partial charge is 0.456 e. The second-order valence-electron chi connectivity index (χ2n) is 9.26. The highest BCUT2D eigenvalue weighted by molar-refractivity contribution is 7.21. The summed E-state index contributed by atoms with van der Waals surface area (Å²) in [6.45, 7) is 5.89. The number of benzene rings is 4. The third-order valence-corrected chi connectivity index (χ3v) is 8.30. The molecule has 8 rings (SSSR count). The molecule has 0 unspecified atom stereocenters. The standard InChI is InChI=1S/C32H20N2O2S/c1-3-4-12-24-18(2)28-26(35-24)17-15-22-31(28)37-32(33-22)34-23-11-7-5-9-19(23)20-14-16-27-29(30(20)34)21-10-6-8-13-25(21)36-27/h3-17H,1H2,2H3/b12-4-. The molecule has 0 saturated carbocycles. The summed E-state index contributed by atoms with van der Waals surface area (Å²) in [6, 6.07) is 25.1. The molecule has 0 aliphatic carbocycles. The predicted octanol–water partition coefficient (Wildman–Crippen LogP) is 9.55. The summed E-state index contributed by atoms with van der Waals surface area (Å²) in [5, 5.41) is 6.66. The van der Waals surface area contributed by atoms with Crippen molar-refractivity contribution in [2.24, 2.45) is 0 Å². The Morgan fingerprint density at radius 2 is 1.59 bits per heavy atom. The number of aryl methyl sites for hydroxylation is 1. The normalized spacial score (nSPS) is 12.5. The van der Waals surface area contributed by atoms with Crippen molar-refractivity contribution < 1.29 is 8.83 Å². The Hall–Kier alpha value is -4.61. The molecule has 0 saturated heterocycles. The Kier molecular flexibility index (Phi) is 4.14. The molecule has 4 heterocycles. The lowest BCUT2D eigenvalue weighted by Gasteiger charge is -2.04. The summed E-state index contributed by atoms with van der Waals surface area (Å²) >= 11 is 1.70. The van der Waals surface area contributed by atoms with E-state index >= 15 is 0 Å². The molecule has 0 aliphatic heterocycles. The van der Waals surface area contributed by atoms with Crippen molar-refractivity contribution in [2.75, 3.05) is 0 Å². The van der Waals surface area contributed by atoms with E-state index in [1.165, 1.54) is 10.8 Å². The van der Waals surface area contributed by atoms with E-state index in [9.17, 15) is 0 Å². The van der Waals surface area contributed by atoms with Crippen LogP contribution in [0.4, 0.5) is 0 Å². The molecule has 0 bridgehead atoms. The van der Waals surface area contributed by atoms with E-state index in [4.69, 9.17) is 13.8 Å². The molecule has 0 N–H and O–H groups in total. The Morgan fingerprint density at radius 3 is 2.49 bits per heavy atom. The summed E-state index contributed by atoms with van der Waals surface area (Å²) in [5.41, 5.74) is 6.97. The van der Waals surface area contributed by atoms with Gasteiger partial charge < -0.3 is 8.83 Å². The lowest BCUT2D eigenvalue weighted by molar-refractivity contribution is 0.601. The van der Waals surface area contributed by atoms with Gasteiger partial charge in [0.25, 0.3) is 0 Å². The number of furan rings is 2. The first-order valence-corrected chi connectivity index (χ1v) is 13.0. The van der Waals surface area contributed by atoms with Crippen LogP contribution in [0.2, 0.25) is 0 Å². The number of rotatable bonds is 3. The summed E-state index contributed by atoms with van der Waals surface area (Å²) in [5.74, 6) is 0.848. The van der Waals surface area contributed by atoms with Crippen molar-refractivity contribution in [3.8, 4) is 5.13 Å². The van der Waals surface area contributed by atoms with Crippen LogP contribution in [0.25, 0.3) is 76.1 Å². The summed E-state index contributed by atoms with van der Waals surface area (Å²) in [7, 11) is 0. The Bertz CT molecular complexity index is 2240. The average molecular weight is 497 g/mol. The van der Waals surface area contributed by atoms with E-state index in [-0.39, 0.29) is 0 Å². The van der Waals surface area contributed by atoms with Crippen LogP contribution < -0.4 is 0 Å². The minimum absolute atomic E-state index is 0.848. The molecule has 176 valence electrons. The molecule has 37 heavy (non-hydrogen) atoms. The van der Waals surface area contributed by atoms with Gasteiger partial charge in [0.15, 0.2) is 5.13 Å². The highest BCUT2D eigenvalue weighted by Crippen LogP contribution is 2.43. The van der Waals surface area contributed by atoms with Crippen molar-refractivity contribution in [1.29, 1.82) is 0 Å². The first-order chi connectivity index (χ1) is 18.2. The molecular weight excluding hydrogens is 476 g/mol. The zero-order valence-corrected chi connectivity index (χ0v) is 20.8. The number of para-hydroxylation sites is 2. The maximum absolute atomic E-state index is 6.26. The van der Waals surface area contributed by atoms with Gasteiger partial charge in [-0.3, -0.25) is 4.57 Å². The summed E-state index contributed by atoms with van der Waals surface area (Å²) in [6.07, 6.45) is 5.62. The molecule has 8 aromatic rings. The van der Waals surface area contributed by atoms with E-state index < -0.39 is 0 Å². The van der Waals surface area contributed by atoms with Crippen LogP contribution in [0.3, 0.4) is 0 Å². The smallest absolute Gasteiger partial charge is 0.195 e. The van der Waals surface area contributed by atoms with Crippen LogP contribution in [-0.2, 0) is 0 Å². The Balaban J connectivity index is 1.52. The Labute approximate surface area is 215 Å². The number of fused-ring (bicyclic) bond motifs is 10. The van der Waals surface area contributed by atoms with Crippen LogP contribution in [-0.4, -0.2) is 9.55 Å². The molecular formula is C32H20N2O2S. The zero-order chi connectivity index (χ0) is 24.7. The van der Waals surface area contributed by atoms with Crippen molar-refractivity contribution >= 4 is 82.3 Å². The van der Waals surface area contributed by atoms with Gasteiger partial charge in [-0.15, -0.1) is 0 Å². The SMILES string of the molecule is C=C/C=C\c1oc2ccc3nc(-n4c5ccccc5c5ccc6oc7ccccc7c6c54)sc3c2c1C. The van der Waals surface area contributed by atoms with Crippen molar-refractivity contribution in [1.82, 2.24) is 9.55 Å². The fourth-order valence-corrected chi connectivity index (χ4v) is 6.78. The maximum atomic E-state index is 6.26. The minimum Gasteiger partial charge on any atom is -0.456 e. The van der Waals surface area contributed by atoms with Crippen LogP contribution in [0.5, 0.6) is 0 Å². The van der Waals surface area contributed by atoms with Crippen molar-refractivity contribution in [3.05, 3.63) is 103 Å². The van der Waals surface area contributed by atoms with Crippen LogP contribution >= 0.6 is 11.3 Å². The molecule has 0 aliphatic rings. The molecule has 4 nitrogen and oxygen atoms in total. The summed E-state index contributed by atoms with van der Waals surface area (Å²) < 4.78 is 15.9. The molecule has 0 atom stereocenters. The third kappa shape index (κ3) is 2.74. The van der Waals surface area contributed by atoms with E-state index in [2.05, 4.69) is 72.7 Å². The van der Waals surface area contributed by atoms with Gasteiger partial charge in [0.05, 0.1) is 26.6 Å². The van der Waals surface area contributed by atoms with E-state index in [1.807, 2.05) is 30.4 Å². The topological polar surface area (TPSA) is 44.1 Å². The van der Waals surface area contributed by atoms with Gasteiger partial charge in [0, 0.05) is 27.1 Å². The Morgan fingerprint density at radius 1 is 0.811 bits per heavy atom. The predicted molar refractivity (Wildman–Crippen MR) is 155 cm³/mol. The minimum atomic E-state index is 0.848. The first kappa shape index (κ1) is 20.6. The van der Waals surface area contributed by atoms with E-state index in [0.29, 0.717) is 0 Å². The number of aromatic nitrogens is 2. The van der Waals surface area contributed by atoms with Gasteiger partial charge in [-0.05, 0) is 49.4 Å². The van der Waals surface area contributed by atoms with Crippen LogP contribution in [0, 0.1) is 6.92 Å². The number of hydrogen-bond donors (Lipinski definition) is 0. The van der Waals surface area contributed by atoms with Gasteiger partial charge >= 0.3 is 0 Å². The molecule has 0 spiro atoms. The fraction of sp³-hybridized carbons (Fsp3) is 0.0312. The van der Waals surface area contributed by atoms with Gasteiger partial charge in [0.2, 0.25) is 0 Å². The highest BCUT2D eigenvalue weighted by Gasteiger charge is 2.22. The van der Waals surface area contributed by atoms with Crippen molar-refractivity contribution in [3.63, 3.8) is 0 Å². The zero-order valence-electron chi connectivity index (χ0n) is 20.0. The quantitative estimate of drug-likeness (QED) is 0.229. The van der Waals surface area contributed by atoms with E-state index in [0.717, 1.165) is 70.6 Å². The first-order valence-electron chi connectivity index (χ1n) is 12.2. The van der Waals surface area contributed by atoms with E-state index in [1.54, 1.807) is 17.4 Å². The van der Waals surface area contributed by atoms with Gasteiger partial charge in [-0.2, -0.15) is 0 Å². The van der Waals surface area contributed by atoms with Gasteiger partial charge in [0.1, 0.15) is 22.5 Å². The number of thiazole rings is 1. The highest BCUT2D eigenvalue weighted by atomic mass is 32.1. The molecule has 5 heteroatoms. The van der Waals surface area contributed by atoms with Crippen molar-refractivity contribution in [2.45, 2.75) is 6.92 Å². The maximum Gasteiger partial charge on any atom is 0.195 e.